The third kappa shape index (κ3) is 5.66. The van der Waals surface area contributed by atoms with E-state index in [2.05, 4.69) is 20.4 Å². The van der Waals surface area contributed by atoms with E-state index in [0.29, 0.717) is 5.92 Å². The highest BCUT2D eigenvalue weighted by Gasteiger charge is 2.12. The van der Waals surface area contributed by atoms with Crippen LogP contribution in [0.3, 0.4) is 0 Å². The van der Waals surface area contributed by atoms with E-state index in [9.17, 15) is 0 Å². The summed E-state index contributed by atoms with van der Waals surface area (Å²) in [6.45, 7) is 10.5. The van der Waals surface area contributed by atoms with Crippen molar-refractivity contribution in [1.29, 1.82) is 0 Å². The van der Waals surface area contributed by atoms with E-state index >= 15 is 0 Å². The molecule has 0 saturated carbocycles. The van der Waals surface area contributed by atoms with Crippen LogP contribution in [0.15, 0.2) is 28.4 Å². The summed E-state index contributed by atoms with van der Waals surface area (Å²) in [5, 5.41) is 0. The highest BCUT2D eigenvalue weighted by molar-refractivity contribution is 5.77. The van der Waals surface area contributed by atoms with Gasteiger partial charge >= 0.3 is 0 Å². The Kier molecular flexibility index (Phi) is 7.00. The smallest absolute Gasteiger partial charge is 0.0421 e. The van der Waals surface area contributed by atoms with E-state index in [1.54, 1.807) is 0 Å². The summed E-state index contributed by atoms with van der Waals surface area (Å²) in [7, 11) is 0. The standard InChI is InChI=1S/C17H29N/c1-14(2)13-18-17-15(3)11-9-7-5-6-8-10-12-16(17)4/h13,15H,1,5-12H2,2-4H3/b17-16+,18-13?. The first-order chi connectivity index (χ1) is 8.61. The van der Waals surface area contributed by atoms with Gasteiger partial charge in [-0.15, -0.1) is 0 Å². The van der Waals surface area contributed by atoms with Crippen molar-refractivity contribution in [3.8, 4) is 0 Å². The summed E-state index contributed by atoms with van der Waals surface area (Å²) in [6, 6.07) is 0. The van der Waals surface area contributed by atoms with Crippen molar-refractivity contribution < 1.29 is 0 Å². The Morgan fingerprint density at radius 1 is 1.17 bits per heavy atom. The van der Waals surface area contributed by atoms with Gasteiger partial charge in [0.25, 0.3) is 0 Å². The Bertz CT molecular complexity index is 323. The molecule has 0 N–H and O–H groups in total. The van der Waals surface area contributed by atoms with Crippen molar-refractivity contribution in [2.75, 3.05) is 0 Å². The largest absolute Gasteiger partial charge is 0.261 e. The van der Waals surface area contributed by atoms with Gasteiger partial charge in [0.1, 0.15) is 0 Å². The zero-order valence-corrected chi connectivity index (χ0v) is 12.5. The number of allylic oxidation sites excluding steroid dienone is 3. The fourth-order valence-electron chi connectivity index (χ4n) is 2.65. The van der Waals surface area contributed by atoms with Gasteiger partial charge in [0.15, 0.2) is 0 Å². The summed E-state index contributed by atoms with van der Waals surface area (Å²) in [6.07, 6.45) is 12.7. The molecule has 1 unspecified atom stereocenters. The maximum absolute atomic E-state index is 4.70. The van der Waals surface area contributed by atoms with Crippen LogP contribution in [0.25, 0.3) is 0 Å². The van der Waals surface area contributed by atoms with Crippen LogP contribution in [0, 0.1) is 5.92 Å². The molecule has 102 valence electrons. The lowest BCUT2D eigenvalue weighted by Crippen LogP contribution is -2.01. The summed E-state index contributed by atoms with van der Waals surface area (Å²) in [5.74, 6) is 0.596. The maximum atomic E-state index is 4.70. The summed E-state index contributed by atoms with van der Waals surface area (Å²) < 4.78 is 0. The van der Waals surface area contributed by atoms with Crippen LogP contribution in [0.1, 0.15) is 72.1 Å². The van der Waals surface area contributed by atoms with Gasteiger partial charge in [-0.1, -0.05) is 51.2 Å². The molecule has 1 aliphatic carbocycles. The fourth-order valence-corrected chi connectivity index (χ4v) is 2.65. The van der Waals surface area contributed by atoms with Crippen molar-refractivity contribution >= 4 is 6.21 Å². The van der Waals surface area contributed by atoms with Gasteiger partial charge in [0.2, 0.25) is 0 Å². The van der Waals surface area contributed by atoms with Gasteiger partial charge in [0, 0.05) is 11.9 Å². The first kappa shape index (κ1) is 15.2. The molecule has 0 aromatic carbocycles. The zero-order chi connectivity index (χ0) is 13.4. The molecular formula is C17H29N. The average molecular weight is 247 g/mol. The second-order valence-corrected chi connectivity index (χ2v) is 5.83. The molecule has 0 aromatic heterocycles. The third-order valence-electron chi connectivity index (χ3n) is 3.77. The Balaban J connectivity index is 2.81. The number of nitrogens with zero attached hydrogens (tertiary/aromatic N) is 1. The van der Waals surface area contributed by atoms with Crippen LogP contribution in [0.5, 0.6) is 0 Å². The Hall–Kier alpha value is -0.850. The van der Waals surface area contributed by atoms with E-state index in [4.69, 9.17) is 4.99 Å². The predicted octanol–water partition coefficient (Wildman–Crippen LogP) is 5.68. The molecule has 0 heterocycles. The summed E-state index contributed by atoms with van der Waals surface area (Å²) >= 11 is 0. The van der Waals surface area contributed by atoms with Crippen LogP contribution in [-0.2, 0) is 0 Å². The second kappa shape index (κ2) is 8.29. The van der Waals surface area contributed by atoms with Crippen molar-refractivity contribution in [2.24, 2.45) is 10.9 Å². The molecular weight excluding hydrogens is 218 g/mol. The van der Waals surface area contributed by atoms with E-state index in [0.717, 1.165) is 5.57 Å². The number of hydrogen-bond acceptors (Lipinski definition) is 1. The lowest BCUT2D eigenvalue weighted by Gasteiger charge is -2.15. The Morgan fingerprint density at radius 3 is 2.44 bits per heavy atom. The minimum atomic E-state index is 0.596. The number of aliphatic imine (C=N–C) groups is 1. The first-order valence-corrected chi connectivity index (χ1v) is 7.50. The average Bonchev–Trinajstić information content (AvgIpc) is 2.34. The first-order valence-electron chi connectivity index (χ1n) is 7.50. The van der Waals surface area contributed by atoms with Crippen LogP contribution in [0.4, 0.5) is 0 Å². The lowest BCUT2D eigenvalue weighted by atomic mass is 9.96. The third-order valence-corrected chi connectivity index (χ3v) is 3.77. The van der Waals surface area contributed by atoms with Crippen LogP contribution >= 0.6 is 0 Å². The SMILES string of the molecule is C=C(C)C=N/C1=C(\C)CCCCCCCCC1C. The minimum Gasteiger partial charge on any atom is -0.261 e. The van der Waals surface area contributed by atoms with Crippen molar-refractivity contribution in [1.82, 2.24) is 0 Å². The molecule has 0 aliphatic heterocycles. The highest BCUT2D eigenvalue weighted by Crippen LogP contribution is 2.27. The van der Waals surface area contributed by atoms with Gasteiger partial charge < -0.3 is 0 Å². The van der Waals surface area contributed by atoms with E-state index in [1.807, 2.05) is 13.1 Å². The molecule has 1 heteroatoms. The molecule has 0 aromatic rings. The molecule has 1 aliphatic rings. The van der Waals surface area contributed by atoms with Crippen LogP contribution < -0.4 is 0 Å². The van der Waals surface area contributed by atoms with Crippen molar-refractivity contribution in [3.63, 3.8) is 0 Å². The van der Waals surface area contributed by atoms with E-state index in [1.165, 1.54) is 62.6 Å². The van der Waals surface area contributed by atoms with Crippen molar-refractivity contribution in [2.45, 2.75) is 72.1 Å². The van der Waals surface area contributed by atoms with Crippen LogP contribution in [0.2, 0.25) is 0 Å². The second-order valence-electron chi connectivity index (χ2n) is 5.83. The fraction of sp³-hybridized carbons (Fsp3) is 0.706. The van der Waals surface area contributed by atoms with E-state index in [-0.39, 0.29) is 0 Å². The normalized spacial score (nSPS) is 28.1. The van der Waals surface area contributed by atoms with Gasteiger partial charge in [0.05, 0.1) is 0 Å². The zero-order valence-electron chi connectivity index (χ0n) is 12.5. The number of hydrogen-bond donors (Lipinski definition) is 0. The molecule has 0 saturated heterocycles. The lowest BCUT2D eigenvalue weighted by molar-refractivity contribution is 0.531. The van der Waals surface area contributed by atoms with Gasteiger partial charge in [-0.25, -0.2) is 0 Å². The molecule has 0 radical (unpaired) electrons. The molecule has 1 nitrogen and oxygen atoms in total. The molecule has 0 bridgehead atoms. The molecule has 0 amide bonds. The molecule has 1 rings (SSSR count). The topological polar surface area (TPSA) is 12.4 Å². The van der Waals surface area contributed by atoms with Crippen molar-refractivity contribution in [3.05, 3.63) is 23.4 Å². The molecule has 18 heavy (non-hydrogen) atoms. The van der Waals surface area contributed by atoms with Gasteiger partial charge in [-0.3, -0.25) is 4.99 Å². The van der Waals surface area contributed by atoms with Gasteiger partial charge in [-0.05, 0) is 44.6 Å². The summed E-state index contributed by atoms with van der Waals surface area (Å²) in [4.78, 5) is 4.70. The molecule has 0 fully saturated rings. The van der Waals surface area contributed by atoms with Crippen LogP contribution in [-0.4, -0.2) is 6.21 Å². The quantitative estimate of drug-likeness (QED) is 0.557. The van der Waals surface area contributed by atoms with E-state index < -0.39 is 0 Å². The maximum Gasteiger partial charge on any atom is 0.0421 e. The Morgan fingerprint density at radius 2 is 1.78 bits per heavy atom. The predicted molar refractivity (Wildman–Crippen MR) is 82.1 cm³/mol. The number of rotatable bonds is 2. The Labute approximate surface area is 113 Å². The monoisotopic (exact) mass is 247 g/mol. The molecule has 0 spiro atoms. The minimum absolute atomic E-state index is 0.596. The highest BCUT2D eigenvalue weighted by atomic mass is 14.7. The summed E-state index contributed by atoms with van der Waals surface area (Å²) in [5.41, 5.74) is 3.85. The van der Waals surface area contributed by atoms with Gasteiger partial charge in [-0.2, -0.15) is 0 Å². The molecule has 1 atom stereocenters.